The molecule has 0 rings (SSSR count). The van der Waals surface area contributed by atoms with Crippen LogP contribution in [0.2, 0.25) is 0 Å². The quantitative estimate of drug-likeness (QED) is 0.379. The molecule has 2 N–H and O–H groups in total. The van der Waals surface area contributed by atoms with Crippen LogP contribution in [0, 0.1) is 0 Å². The molecule has 0 fully saturated rings. The zero-order chi connectivity index (χ0) is 5.91. The molecule has 0 unspecified atom stereocenters. The van der Waals surface area contributed by atoms with Crippen LogP contribution in [0.1, 0.15) is 13.8 Å². The Morgan fingerprint density at radius 3 is 2.00 bits per heavy atom. The molecule has 0 heterocycles. The lowest BCUT2D eigenvalue weighted by atomic mass is 10.3. The molecule has 0 saturated carbocycles. The number of hydroxylamine groups is 1. The second kappa shape index (κ2) is 2.26. The third-order valence-corrected chi connectivity index (χ3v) is 0.352. The average molecular weight is 105 g/mol. The molecule has 0 aromatic carbocycles. The summed E-state index contributed by atoms with van der Waals surface area (Å²) in [7, 11) is 1.46. The summed E-state index contributed by atoms with van der Waals surface area (Å²) in [5.74, 6) is 0. The maximum absolute atomic E-state index is 8.78. The minimum Gasteiger partial charge on any atom is -0.374 e. The van der Waals surface area contributed by atoms with E-state index in [0.717, 1.165) is 0 Å². The lowest BCUT2D eigenvalue weighted by Crippen LogP contribution is -2.37. The topological polar surface area (TPSA) is 41.5 Å². The molecule has 0 aromatic rings. The smallest absolute Gasteiger partial charge is 0.132 e. The van der Waals surface area contributed by atoms with Crippen LogP contribution in [-0.2, 0) is 4.84 Å². The summed E-state index contributed by atoms with van der Waals surface area (Å²) in [6.45, 7) is 3.19. The van der Waals surface area contributed by atoms with Crippen LogP contribution in [0.3, 0.4) is 0 Å². The Morgan fingerprint density at radius 2 is 2.00 bits per heavy atom. The molecule has 0 bridgehead atoms. The fraction of sp³-hybridized carbons (Fsp3) is 1.00. The molecule has 0 radical (unpaired) electrons. The first-order valence-corrected chi connectivity index (χ1v) is 2.09. The Kier molecular flexibility index (Phi) is 2.22. The van der Waals surface area contributed by atoms with Crippen LogP contribution in [0.5, 0.6) is 0 Å². The van der Waals surface area contributed by atoms with E-state index in [1.165, 1.54) is 7.11 Å². The summed E-state index contributed by atoms with van der Waals surface area (Å²) < 4.78 is 0. The van der Waals surface area contributed by atoms with E-state index in [1.807, 2.05) is 0 Å². The second-order valence-corrected chi connectivity index (χ2v) is 1.87. The number of hydrogen-bond donors (Lipinski definition) is 2. The van der Waals surface area contributed by atoms with Crippen molar-refractivity contribution in [2.75, 3.05) is 7.11 Å². The number of hydrogen-bond acceptors (Lipinski definition) is 3. The van der Waals surface area contributed by atoms with E-state index in [2.05, 4.69) is 10.3 Å². The van der Waals surface area contributed by atoms with E-state index in [9.17, 15) is 0 Å². The predicted octanol–water partition coefficient (Wildman–Crippen LogP) is -0.134. The summed E-state index contributed by atoms with van der Waals surface area (Å²) in [4.78, 5) is 4.41. The Balaban J connectivity index is 3.15. The number of rotatable bonds is 2. The Bertz CT molecular complexity index is 48.1. The zero-order valence-electron chi connectivity index (χ0n) is 4.86. The Labute approximate surface area is 43.2 Å². The highest BCUT2D eigenvalue weighted by Gasteiger charge is 2.08. The van der Waals surface area contributed by atoms with Gasteiger partial charge >= 0.3 is 0 Å². The highest BCUT2D eigenvalue weighted by Crippen LogP contribution is 1.91. The summed E-state index contributed by atoms with van der Waals surface area (Å²) in [6.07, 6.45) is 0. The molecule has 3 nitrogen and oxygen atoms in total. The van der Waals surface area contributed by atoms with Gasteiger partial charge < -0.3 is 9.94 Å². The standard InChI is InChI=1S/C4H11NO2/c1-4(2,6)5-7-3/h5-6H,1-3H3. The van der Waals surface area contributed by atoms with Gasteiger partial charge in [0.1, 0.15) is 5.72 Å². The molecule has 0 aliphatic rings. The molecule has 0 atom stereocenters. The van der Waals surface area contributed by atoms with Gasteiger partial charge in [0.25, 0.3) is 0 Å². The van der Waals surface area contributed by atoms with Crippen LogP contribution < -0.4 is 5.48 Å². The van der Waals surface area contributed by atoms with E-state index in [0.29, 0.717) is 0 Å². The van der Waals surface area contributed by atoms with Crippen LogP contribution in [0.4, 0.5) is 0 Å². The fourth-order valence-electron chi connectivity index (χ4n) is 0.250. The third-order valence-electron chi connectivity index (χ3n) is 0.352. The lowest BCUT2D eigenvalue weighted by molar-refractivity contribution is -0.0887. The van der Waals surface area contributed by atoms with Gasteiger partial charge in [-0.2, -0.15) is 5.48 Å². The molecule has 3 heteroatoms. The van der Waals surface area contributed by atoms with Gasteiger partial charge in [0.2, 0.25) is 0 Å². The number of aliphatic hydroxyl groups is 1. The number of nitrogens with one attached hydrogen (secondary N) is 1. The van der Waals surface area contributed by atoms with E-state index >= 15 is 0 Å². The van der Waals surface area contributed by atoms with Crippen molar-refractivity contribution in [1.29, 1.82) is 0 Å². The summed E-state index contributed by atoms with van der Waals surface area (Å²) in [5.41, 5.74) is 1.42. The van der Waals surface area contributed by atoms with Gasteiger partial charge in [0.05, 0.1) is 7.11 Å². The average Bonchev–Trinajstić information content (AvgIpc) is 1.30. The van der Waals surface area contributed by atoms with Gasteiger partial charge in [-0.3, -0.25) is 0 Å². The van der Waals surface area contributed by atoms with Gasteiger partial charge in [-0.15, -0.1) is 0 Å². The first-order chi connectivity index (χ1) is 3.06. The summed E-state index contributed by atoms with van der Waals surface area (Å²) in [6, 6.07) is 0. The lowest BCUT2D eigenvalue weighted by Gasteiger charge is -2.15. The van der Waals surface area contributed by atoms with Crippen molar-refractivity contribution in [2.24, 2.45) is 0 Å². The maximum atomic E-state index is 8.78. The van der Waals surface area contributed by atoms with Crippen molar-refractivity contribution in [3.8, 4) is 0 Å². The first kappa shape index (κ1) is 6.88. The molecule has 0 spiro atoms. The SMILES string of the molecule is CONC(C)(C)O. The van der Waals surface area contributed by atoms with Gasteiger partial charge in [-0.1, -0.05) is 0 Å². The minimum absolute atomic E-state index is 0.922. The van der Waals surface area contributed by atoms with Gasteiger partial charge in [0, 0.05) is 0 Å². The molecule has 0 aromatic heterocycles. The van der Waals surface area contributed by atoms with Crippen LogP contribution >= 0.6 is 0 Å². The van der Waals surface area contributed by atoms with Crippen LogP contribution in [-0.4, -0.2) is 17.9 Å². The van der Waals surface area contributed by atoms with Gasteiger partial charge in [0.15, 0.2) is 0 Å². The molecular weight excluding hydrogens is 94.0 g/mol. The largest absolute Gasteiger partial charge is 0.374 e. The van der Waals surface area contributed by atoms with Crippen molar-refractivity contribution >= 4 is 0 Å². The van der Waals surface area contributed by atoms with E-state index in [1.54, 1.807) is 13.8 Å². The summed E-state index contributed by atoms with van der Waals surface area (Å²) in [5, 5.41) is 8.78. The Morgan fingerprint density at radius 1 is 1.57 bits per heavy atom. The summed E-state index contributed by atoms with van der Waals surface area (Å²) >= 11 is 0. The fourth-order valence-corrected chi connectivity index (χ4v) is 0.250. The van der Waals surface area contributed by atoms with Crippen LogP contribution in [0.15, 0.2) is 0 Å². The normalized spacial score (nSPS) is 12.0. The molecule has 0 aliphatic carbocycles. The van der Waals surface area contributed by atoms with Crippen molar-refractivity contribution in [2.45, 2.75) is 19.6 Å². The monoisotopic (exact) mass is 105 g/mol. The van der Waals surface area contributed by atoms with Crippen LogP contribution in [0.25, 0.3) is 0 Å². The van der Waals surface area contributed by atoms with E-state index in [4.69, 9.17) is 5.11 Å². The molecule has 7 heavy (non-hydrogen) atoms. The van der Waals surface area contributed by atoms with Crippen molar-refractivity contribution in [3.63, 3.8) is 0 Å². The highest BCUT2D eigenvalue weighted by atomic mass is 16.7. The first-order valence-electron chi connectivity index (χ1n) is 2.09. The molecule has 0 saturated heterocycles. The zero-order valence-corrected chi connectivity index (χ0v) is 4.86. The van der Waals surface area contributed by atoms with Crippen molar-refractivity contribution < 1.29 is 9.94 Å². The molecule has 0 aliphatic heterocycles. The van der Waals surface area contributed by atoms with Crippen molar-refractivity contribution in [3.05, 3.63) is 0 Å². The molecule has 44 valence electrons. The highest BCUT2D eigenvalue weighted by molar-refractivity contribution is 4.51. The second-order valence-electron chi connectivity index (χ2n) is 1.87. The maximum Gasteiger partial charge on any atom is 0.132 e. The third kappa shape index (κ3) is 5.88. The van der Waals surface area contributed by atoms with Crippen molar-refractivity contribution in [1.82, 2.24) is 5.48 Å². The predicted molar refractivity (Wildman–Crippen MR) is 26.4 cm³/mol. The van der Waals surface area contributed by atoms with E-state index in [-0.39, 0.29) is 0 Å². The minimum atomic E-state index is -0.922. The van der Waals surface area contributed by atoms with Gasteiger partial charge in [-0.25, -0.2) is 0 Å². The Hall–Kier alpha value is -0.120. The molecule has 0 amide bonds. The van der Waals surface area contributed by atoms with E-state index < -0.39 is 5.72 Å². The molecular formula is C4H11NO2. The van der Waals surface area contributed by atoms with Gasteiger partial charge in [-0.05, 0) is 13.8 Å².